The van der Waals surface area contributed by atoms with Gasteiger partial charge < -0.3 is 10.4 Å². The zero-order valence-electron chi connectivity index (χ0n) is 8.43. The molecule has 0 radical (unpaired) electrons. The van der Waals surface area contributed by atoms with Crippen LogP contribution in [0, 0.1) is 11.3 Å². The Kier molecular flexibility index (Phi) is 2.45. The minimum atomic E-state index is -2.57. The predicted octanol–water partition coefficient (Wildman–Crippen LogP) is 1.49. The van der Waals surface area contributed by atoms with Crippen molar-refractivity contribution >= 4 is 5.97 Å². The van der Waals surface area contributed by atoms with Gasteiger partial charge in [-0.2, -0.15) is 0 Å². The van der Waals surface area contributed by atoms with E-state index in [9.17, 15) is 13.6 Å². The van der Waals surface area contributed by atoms with Gasteiger partial charge in [-0.3, -0.25) is 4.79 Å². The molecule has 1 unspecified atom stereocenters. The van der Waals surface area contributed by atoms with Crippen LogP contribution >= 0.6 is 0 Å². The molecule has 1 aliphatic heterocycles. The lowest BCUT2D eigenvalue weighted by atomic mass is 9.74. The summed E-state index contributed by atoms with van der Waals surface area (Å²) in [4.78, 5) is 11.0. The van der Waals surface area contributed by atoms with Gasteiger partial charge in [0, 0.05) is 25.9 Å². The van der Waals surface area contributed by atoms with E-state index in [2.05, 4.69) is 5.32 Å². The molecule has 2 rings (SSSR count). The van der Waals surface area contributed by atoms with Crippen LogP contribution in [-0.4, -0.2) is 30.1 Å². The average Bonchev–Trinajstić information content (AvgIpc) is 2.37. The molecule has 2 fully saturated rings. The molecule has 0 aromatic rings. The molecule has 0 bridgehead atoms. The van der Waals surface area contributed by atoms with E-state index >= 15 is 0 Å². The van der Waals surface area contributed by atoms with Crippen LogP contribution in [0.5, 0.6) is 0 Å². The third kappa shape index (κ3) is 1.97. The van der Waals surface area contributed by atoms with Gasteiger partial charge in [0.05, 0.1) is 5.41 Å². The van der Waals surface area contributed by atoms with Crippen LogP contribution in [0.4, 0.5) is 8.78 Å². The summed E-state index contributed by atoms with van der Waals surface area (Å²) in [6, 6.07) is 0. The van der Waals surface area contributed by atoms with Crippen molar-refractivity contribution in [2.45, 2.75) is 31.6 Å². The first-order valence-electron chi connectivity index (χ1n) is 5.26. The Labute approximate surface area is 86.8 Å². The van der Waals surface area contributed by atoms with Gasteiger partial charge in [0.2, 0.25) is 5.92 Å². The first-order chi connectivity index (χ1) is 6.94. The standard InChI is InChI=1S/C10H15F2NO2/c11-10(12)2-1-7(4-10)3-9(8(14)15)5-13-6-9/h7,13H,1-6H2,(H,14,15). The molecule has 5 heteroatoms. The minimum Gasteiger partial charge on any atom is -0.481 e. The van der Waals surface area contributed by atoms with Gasteiger partial charge in [0.25, 0.3) is 0 Å². The van der Waals surface area contributed by atoms with E-state index in [1.807, 2.05) is 0 Å². The monoisotopic (exact) mass is 219 g/mol. The smallest absolute Gasteiger partial charge is 0.312 e. The van der Waals surface area contributed by atoms with Crippen molar-refractivity contribution in [2.75, 3.05) is 13.1 Å². The lowest BCUT2D eigenvalue weighted by Gasteiger charge is -2.40. The molecule has 1 saturated heterocycles. The van der Waals surface area contributed by atoms with Crippen molar-refractivity contribution < 1.29 is 18.7 Å². The molecule has 86 valence electrons. The number of carbonyl (C=O) groups is 1. The fourth-order valence-electron chi connectivity index (χ4n) is 2.58. The molecule has 3 nitrogen and oxygen atoms in total. The predicted molar refractivity (Wildman–Crippen MR) is 49.8 cm³/mol. The molecule has 0 spiro atoms. The fourth-order valence-corrected chi connectivity index (χ4v) is 2.58. The maximum absolute atomic E-state index is 12.9. The van der Waals surface area contributed by atoms with Crippen molar-refractivity contribution in [1.82, 2.24) is 5.32 Å². The Morgan fingerprint density at radius 3 is 2.47 bits per heavy atom. The molecule has 1 aliphatic carbocycles. The zero-order chi connectivity index (χ0) is 11.1. The van der Waals surface area contributed by atoms with E-state index in [0.717, 1.165) is 0 Å². The highest BCUT2D eigenvalue weighted by atomic mass is 19.3. The molecule has 15 heavy (non-hydrogen) atoms. The van der Waals surface area contributed by atoms with Gasteiger partial charge in [0.1, 0.15) is 0 Å². The Bertz CT molecular complexity index is 277. The van der Waals surface area contributed by atoms with Crippen molar-refractivity contribution in [3.8, 4) is 0 Å². The van der Waals surface area contributed by atoms with Crippen LogP contribution in [-0.2, 0) is 4.79 Å². The molecule has 0 amide bonds. The SMILES string of the molecule is O=C(O)C1(CC2CCC(F)(F)C2)CNC1. The van der Waals surface area contributed by atoms with Crippen molar-refractivity contribution in [1.29, 1.82) is 0 Å². The summed E-state index contributed by atoms with van der Waals surface area (Å²) in [6.45, 7) is 0.842. The molecule has 1 heterocycles. The number of carboxylic acid groups (broad SMARTS) is 1. The molecule has 2 aliphatic rings. The fraction of sp³-hybridized carbons (Fsp3) is 0.900. The maximum atomic E-state index is 12.9. The Morgan fingerprint density at radius 2 is 2.13 bits per heavy atom. The number of alkyl halides is 2. The van der Waals surface area contributed by atoms with Crippen LogP contribution in [0.3, 0.4) is 0 Å². The summed E-state index contributed by atoms with van der Waals surface area (Å²) in [5, 5.41) is 12.0. The first-order valence-corrected chi connectivity index (χ1v) is 5.26. The number of rotatable bonds is 3. The topological polar surface area (TPSA) is 49.3 Å². The quantitative estimate of drug-likeness (QED) is 0.756. The van der Waals surface area contributed by atoms with E-state index < -0.39 is 17.3 Å². The van der Waals surface area contributed by atoms with Gasteiger partial charge in [-0.15, -0.1) is 0 Å². The number of hydrogen-bond acceptors (Lipinski definition) is 2. The third-order valence-electron chi connectivity index (χ3n) is 3.57. The second-order valence-corrected chi connectivity index (χ2v) is 4.86. The molecular weight excluding hydrogens is 204 g/mol. The summed E-state index contributed by atoms with van der Waals surface area (Å²) in [7, 11) is 0. The van der Waals surface area contributed by atoms with Crippen LogP contribution < -0.4 is 5.32 Å². The van der Waals surface area contributed by atoms with Crippen molar-refractivity contribution in [2.24, 2.45) is 11.3 Å². The summed E-state index contributed by atoms with van der Waals surface area (Å²) in [5.41, 5.74) is -0.773. The minimum absolute atomic E-state index is 0.0825. The van der Waals surface area contributed by atoms with Gasteiger partial charge in [0.15, 0.2) is 0 Å². The second kappa shape index (κ2) is 3.40. The van der Waals surface area contributed by atoms with E-state index in [0.29, 0.717) is 25.9 Å². The Morgan fingerprint density at radius 1 is 1.47 bits per heavy atom. The van der Waals surface area contributed by atoms with Gasteiger partial charge in [-0.1, -0.05) is 0 Å². The normalized spacial score (nSPS) is 32.3. The van der Waals surface area contributed by atoms with Crippen molar-refractivity contribution in [3.63, 3.8) is 0 Å². The number of halogens is 2. The largest absolute Gasteiger partial charge is 0.481 e. The lowest BCUT2D eigenvalue weighted by molar-refractivity contribution is -0.153. The Hall–Kier alpha value is -0.710. The summed E-state index contributed by atoms with van der Waals surface area (Å²) in [5.74, 6) is -3.55. The summed E-state index contributed by atoms with van der Waals surface area (Å²) >= 11 is 0. The highest BCUT2D eigenvalue weighted by Gasteiger charge is 2.49. The molecular formula is C10H15F2NO2. The molecule has 1 saturated carbocycles. The van der Waals surface area contributed by atoms with E-state index in [-0.39, 0.29) is 18.8 Å². The van der Waals surface area contributed by atoms with Gasteiger partial charge >= 0.3 is 5.97 Å². The lowest BCUT2D eigenvalue weighted by Crippen LogP contribution is -2.58. The van der Waals surface area contributed by atoms with Gasteiger partial charge in [-0.05, 0) is 18.8 Å². The average molecular weight is 219 g/mol. The Balaban J connectivity index is 1.94. The molecule has 0 aromatic carbocycles. The number of carboxylic acids is 1. The van der Waals surface area contributed by atoms with Crippen LogP contribution in [0.15, 0.2) is 0 Å². The maximum Gasteiger partial charge on any atom is 0.312 e. The highest BCUT2D eigenvalue weighted by molar-refractivity contribution is 5.76. The first kappa shape index (κ1) is 10.8. The molecule has 1 atom stereocenters. The number of hydrogen-bond donors (Lipinski definition) is 2. The van der Waals surface area contributed by atoms with Crippen LogP contribution in [0.25, 0.3) is 0 Å². The summed E-state index contributed by atoms with van der Waals surface area (Å²) in [6.07, 6.45) is 0.635. The van der Waals surface area contributed by atoms with E-state index in [4.69, 9.17) is 5.11 Å². The highest BCUT2D eigenvalue weighted by Crippen LogP contribution is 2.44. The molecule has 0 aromatic heterocycles. The molecule has 2 N–H and O–H groups in total. The third-order valence-corrected chi connectivity index (χ3v) is 3.57. The zero-order valence-corrected chi connectivity index (χ0v) is 8.43. The van der Waals surface area contributed by atoms with Gasteiger partial charge in [-0.25, -0.2) is 8.78 Å². The van der Waals surface area contributed by atoms with E-state index in [1.165, 1.54) is 0 Å². The number of aliphatic carboxylic acids is 1. The van der Waals surface area contributed by atoms with Crippen LogP contribution in [0.1, 0.15) is 25.7 Å². The summed E-state index contributed by atoms with van der Waals surface area (Å²) < 4.78 is 25.9. The number of nitrogens with one attached hydrogen (secondary N) is 1. The van der Waals surface area contributed by atoms with Crippen LogP contribution in [0.2, 0.25) is 0 Å². The van der Waals surface area contributed by atoms with Crippen molar-refractivity contribution in [3.05, 3.63) is 0 Å². The van der Waals surface area contributed by atoms with E-state index in [1.54, 1.807) is 0 Å². The second-order valence-electron chi connectivity index (χ2n) is 4.86.